The minimum absolute atomic E-state index is 0.201. The third kappa shape index (κ3) is 3.93. The van der Waals surface area contributed by atoms with Crippen LogP contribution >= 0.6 is 0 Å². The maximum Gasteiger partial charge on any atom is 0.232 e. The second-order valence-electron chi connectivity index (χ2n) is 5.54. The molecule has 0 aliphatic carbocycles. The number of hydrogen-bond donors (Lipinski definition) is 2. The van der Waals surface area contributed by atoms with E-state index in [-0.39, 0.29) is 6.61 Å². The van der Waals surface area contributed by atoms with Crippen LogP contribution in [0, 0.1) is 0 Å². The molecule has 0 radical (unpaired) electrons. The summed E-state index contributed by atoms with van der Waals surface area (Å²) in [5.74, 6) is 1.98. The summed E-state index contributed by atoms with van der Waals surface area (Å²) >= 11 is 0. The Labute approximate surface area is 126 Å². The van der Waals surface area contributed by atoms with E-state index in [0.29, 0.717) is 23.9 Å². The third-order valence-corrected chi connectivity index (χ3v) is 3.69. The van der Waals surface area contributed by atoms with Crippen molar-refractivity contribution < 1.29 is 5.11 Å². The molecule has 2 N–H and O–H groups in total. The van der Waals surface area contributed by atoms with Crippen molar-refractivity contribution in [1.29, 1.82) is 0 Å². The quantitative estimate of drug-likeness (QED) is 0.813. The van der Waals surface area contributed by atoms with Gasteiger partial charge in [0.05, 0.1) is 0 Å². The molecule has 21 heavy (non-hydrogen) atoms. The van der Waals surface area contributed by atoms with E-state index >= 15 is 0 Å². The van der Waals surface area contributed by atoms with Crippen LogP contribution < -0.4 is 15.1 Å². The zero-order chi connectivity index (χ0) is 15.2. The Bertz CT molecular complexity index is 451. The van der Waals surface area contributed by atoms with Crippen LogP contribution in [0.15, 0.2) is 0 Å². The molecule has 0 saturated carbocycles. The molecule has 7 nitrogen and oxygen atoms in total. The molecule has 1 atom stereocenters. The number of hydrogen-bond acceptors (Lipinski definition) is 7. The molecule has 1 aromatic rings. The summed E-state index contributed by atoms with van der Waals surface area (Å²) in [5.41, 5.74) is 0. The highest BCUT2D eigenvalue weighted by Gasteiger charge is 2.25. The Balaban J connectivity index is 2.30. The van der Waals surface area contributed by atoms with Gasteiger partial charge < -0.3 is 20.2 Å². The van der Waals surface area contributed by atoms with Crippen molar-refractivity contribution in [3.8, 4) is 0 Å². The molecule has 118 valence electrons. The molecule has 1 fully saturated rings. The molecule has 2 rings (SSSR count). The maximum absolute atomic E-state index is 9.26. The summed E-state index contributed by atoms with van der Waals surface area (Å²) in [7, 11) is 3.85. The number of piperidine rings is 1. The van der Waals surface area contributed by atoms with E-state index in [2.05, 4.69) is 25.2 Å². The van der Waals surface area contributed by atoms with Crippen LogP contribution in [-0.4, -0.2) is 59.9 Å². The van der Waals surface area contributed by atoms with E-state index in [1.807, 2.05) is 25.9 Å². The van der Waals surface area contributed by atoms with Gasteiger partial charge in [0, 0.05) is 39.8 Å². The van der Waals surface area contributed by atoms with Gasteiger partial charge in [-0.05, 0) is 32.6 Å². The fourth-order valence-corrected chi connectivity index (χ4v) is 2.63. The second-order valence-corrected chi connectivity index (χ2v) is 5.54. The first-order chi connectivity index (χ1) is 10.2. The third-order valence-electron chi connectivity index (χ3n) is 3.69. The van der Waals surface area contributed by atoms with Crippen molar-refractivity contribution in [1.82, 2.24) is 15.0 Å². The highest BCUT2D eigenvalue weighted by molar-refractivity contribution is 5.45. The van der Waals surface area contributed by atoms with E-state index in [0.717, 1.165) is 32.4 Å². The van der Waals surface area contributed by atoms with Crippen molar-refractivity contribution in [2.24, 2.45) is 0 Å². The number of nitrogens with zero attached hydrogens (tertiary/aromatic N) is 5. The minimum atomic E-state index is 0.201. The van der Waals surface area contributed by atoms with Gasteiger partial charge in [0.1, 0.15) is 0 Å². The van der Waals surface area contributed by atoms with Gasteiger partial charge >= 0.3 is 0 Å². The molecule has 1 aromatic heterocycles. The minimum Gasteiger partial charge on any atom is -0.396 e. The predicted molar refractivity (Wildman–Crippen MR) is 85.0 cm³/mol. The first-order valence-electron chi connectivity index (χ1n) is 7.70. The largest absolute Gasteiger partial charge is 0.396 e. The lowest BCUT2D eigenvalue weighted by Crippen LogP contribution is -2.41. The lowest BCUT2D eigenvalue weighted by Gasteiger charge is -2.35. The number of aliphatic hydroxyl groups is 1. The van der Waals surface area contributed by atoms with Gasteiger partial charge in [0.15, 0.2) is 0 Å². The molecular weight excluding hydrogens is 268 g/mol. The summed E-state index contributed by atoms with van der Waals surface area (Å²) in [6.45, 7) is 3.94. The second kappa shape index (κ2) is 7.40. The van der Waals surface area contributed by atoms with Crippen molar-refractivity contribution in [2.75, 3.05) is 48.9 Å². The van der Waals surface area contributed by atoms with E-state index < -0.39 is 0 Å². The smallest absolute Gasteiger partial charge is 0.232 e. The van der Waals surface area contributed by atoms with Crippen molar-refractivity contribution in [3.63, 3.8) is 0 Å². The highest BCUT2D eigenvalue weighted by atomic mass is 16.3. The van der Waals surface area contributed by atoms with E-state index in [1.54, 1.807) is 0 Å². The lowest BCUT2D eigenvalue weighted by molar-refractivity contribution is 0.261. The first-order valence-corrected chi connectivity index (χ1v) is 7.70. The van der Waals surface area contributed by atoms with Gasteiger partial charge in [0.2, 0.25) is 17.8 Å². The molecule has 1 saturated heterocycles. The monoisotopic (exact) mass is 294 g/mol. The van der Waals surface area contributed by atoms with Crippen LogP contribution in [0.1, 0.15) is 32.6 Å². The zero-order valence-electron chi connectivity index (χ0n) is 13.2. The van der Waals surface area contributed by atoms with Crippen LogP contribution in [0.4, 0.5) is 17.8 Å². The predicted octanol–water partition coefficient (Wildman–Crippen LogP) is 1.11. The number of nitrogens with one attached hydrogen (secondary N) is 1. The summed E-state index contributed by atoms with van der Waals surface area (Å²) in [5, 5.41) is 12.4. The Morgan fingerprint density at radius 2 is 2.10 bits per heavy atom. The number of aromatic nitrogens is 3. The standard InChI is InChI=1S/C14H26N6O/c1-4-15-12-16-13(19(2)3)18-14(17-12)20-9-6-5-7-11(20)8-10-21/h11,21H,4-10H2,1-3H3,(H,15,16,17,18). The van der Waals surface area contributed by atoms with Gasteiger partial charge in [-0.15, -0.1) is 0 Å². The molecule has 1 unspecified atom stereocenters. The Morgan fingerprint density at radius 1 is 1.29 bits per heavy atom. The molecule has 0 spiro atoms. The van der Waals surface area contributed by atoms with E-state index in [9.17, 15) is 5.11 Å². The Hall–Kier alpha value is -1.63. The van der Waals surface area contributed by atoms with Crippen LogP contribution in [0.25, 0.3) is 0 Å². The fraction of sp³-hybridized carbons (Fsp3) is 0.786. The molecule has 0 amide bonds. The van der Waals surface area contributed by atoms with Crippen LogP contribution in [0.2, 0.25) is 0 Å². The fourth-order valence-electron chi connectivity index (χ4n) is 2.63. The van der Waals surface area contributed by atoms with Crippen LogP contribution in [0.5, 0.6) is 0 Å². The number of anilines is 3. The van der Waals surface area contributed by atoms with Gasteiger partial charge in [-0.2, -0.15) is 15.0 Å². The molecule has 1 aliphatic heterocycles. The molecule has 0 bridgehead atoms. The molecular formula is C14H26N6O. The van der Waals surface area contributed by atoms with Gasteiger partial charge in [-0.1, -0.05) is 0 Å². The summed E-state index contributed by atoms with van der Waals surface area (Å²) < 4.78 is 0. The molecule has 1 aliphatic rings. The number of aliphatic hydroxyl groups excluding tert-OH is 1. The normalized spacial score (nSPS) is 18.7. The van der Waals surface area contributed by atoms with Crippen molar-refractivity contribution >= 4 is 17.8 Å². The molecule has 2 heterocycles. The van der Waals surface area contributed by atoms with Crippen LogP contribution in [0.3, 0.4) is 0 Å². The lowest BCUT2D eigenvalue weighted by atomic mass is 10.0. The zero-order valence-corrected chi connectivity index (χ0v) is 13.2. The number of rotatable bonds is 6. The van der Waals surface area contributed by atoms with Gasteiger partial charge in [-0.3, -0.25) is 0 Å². The Kier molecular flexibility index (Phi) is 5.55. The average Bonchev–Trinajstić information content (AvgIpc) is 2.48. The summed E-state index contributed by atoms with van der Waals surface area (Å²) in [6, 6.07) is 0.315. The van der Waals surface area contributed by atoms with Crippen LogP contribution in [-0.2, 0) is 0 Å². The van der Waals surface area contributed by atoms with Gasteiger partial charge in [0.25, 0.3) is 0 Å². The first kappa shape index (κ1) is 15.8. The highest BCUT2D eigenvalue weighted by Crippen LogP contribution is 2.25. The SMILES string of the molecule is CCNc1nc(N(C)C)nc(N2CCCCC2CCO)n1. The average molecular weight is 294 g/mol. The van der Waals surface area contributed by atoms with E-state index in [4.69, 9.17) is 0 Å². The van der Waals surface area contributed by atoms with E-state index in [1.165, 1.54) is 6.42 Å². The van der Waals surface area contributed by atoms with Gasteiger partial charge in [-0.25, -0.2) is 0 Å². The van der Waals surface area contributed by atoms with Crippen molar-refractivity contribution in [2.45, 2.75) is 38.6 Å². The molecule has 7 heteroatoms. The maximum atomic E-state index is 9.26. The van der Waals surface area contributed by atoms with Crippen molar-refractivity contribution in [3.05, 3.63) is 0 Å². The Morgan fingerprint density at radius 3 is 2.76 bits per heavy atom. The topological polar surface area (TPSA) is 77.4 Å². The summed E-state index contributed by atoms with van der Waals surface area (Å²) in [4.78, 5) is 17.6. The summed E-state index contributed by atoms with van der Waals surface area (Å²) in [6.07, 6.45) is 4.19. The molecule has 0 aromatic carbocycles.